The number of hydrogen-bond acceptors (Lipinski definition) is 2. The molecule has 21 heavy (non-hydrogen) atoms. The fourth-order valence-electron chi connectivity index (χ4n) is 2.32. The molecule has 3 nitrogen and oxygen atoms in total. The molecular weight excluding hydrogens is 349 g/mol. The number of halogens is 4. The van der Waals surface area contributed by atoms with E-state index >= 15 is 0 Å². The standard InChI is InChI=1S/C14H16BrF3N2O/c1-8-4-5-19-12(6-8)13(21)20-11-7-9(14(16,17)18)2-3-10(11)15/h2-3,7-8,12,19H,4-6H2,1H3,(H,20,21). The third-order valence-corrected chi connectivity index (χ3v) is 4.23. The summed E-state index contributed by atoms with van der Waals surface area (Å²) < 4.78 is 38.5. The monoisotopic (exact) mass is 364 g/mol. The van der Waals surface area contributed by atoms with Crippen LogP contribution in [0.3, 0.4) is 0 Å². The number of carbonyl (C=O) groups excluding carboxylic acids is 1. The van der Waals surface area contributed by atoms with Crippen molar-refractivity contribution in [2.24, 2.45) is 5.92 Å². The minimum absolute atomic E-state index is 0.134. The largest absolute Gasteiger partial charge is 0.416 e. The molecule has 2 unspecified atom stereocenters. The highest BCUT2D eigenvalue weighted by molar-refractivity contribution is 9.10. The van der Waals surface area contributed by atoms with Crippen molar-refractivity contribution in [3.05, 3.63) is 28.2 Å². The van der Waals surface area contributed by atoms with Crippen LogP contribution < -0.4 is 10.6 Å². The Morgan fingerprint density at radius 1 is 1.43 bits per heavy atom. The molecule has 1 amide bonds. The van der Waals surface area contributed by atoms with Crippen molar-refractivity contribution >= 4 is 27.5 Å². The molecule has 1 saturated heterocycles. The maximum absolute atomic E-state index is 12.7. The first-order chi connectivity index (χ1) is 9.77. The number of carbonyl (C=O) groups is 1. The third-order valence-electron chi connectivity index (χ3n) is 3.53. The summed E-state index contributed by atoms with van der Waals surface area (Å²) >= 11 is 3.16. The second kappa shape index (κ2) is 6.36. The van der Waals surface area contributed by atoms with Gasteiger partial charge in [0, 0.05) is 4.47 Å². The predicted molar refractivity (Wildman–Crippen MR) is 78.0 cm³/mol. The van der Waals surface area contributed by atoms with Crippen molar-refractivity contribution < 1.29 is 18.0 Å². The van der Waals surface area contributed by atoms with E-state index < -0.39 is 11.7 Å². The van der Waals surface area contributed by atoms with Gasteiger partial charge in [0.25, 0.3) is 0 Å². The van der Waals surface area contributed by atoms with Gasteiger partial charge >= 0.3 is 6.18 Å². The zero-order valence-corrected chi connectivity index (χ0v) is 13.0. The Bertz CT molecular complexity index is 533. The Balaban J connectivity index is 2.13. The molecule has 0 aliphatic carbocycles. The lowest BCUT2D eigenvalue weighted by Crippen LogP contribution is -2.45. The molecule has 0 radical (unpaired) electrons. The van der Waals surface area contributed by atoms with Crippen LogP contribution >= 0.6 is 15.9 Å². The summed E-state index contributed by atoms with van der Waals surface area (Å²) in [6.07, 6.45) is -2.75. The van der Waals surface area contributed by atoms with Crippen LogP contribution in [0.15, 0.2) is 22.7 Å². The Labute approximate surface area is 129 Å². The van der Waals surface area contributed by atoms with Gasteiger partial charge in [0.05, 0.1) is 17.3 Å². The quantitative estimate of drug-likeness (QED) is 0.837. The second-order valence-corrected chi connectivity index (χ2v) is 6.17. The van der Waals surface area contributed by atoms with Crippen LogP contribution in [0.1, 0.15) is 25.3 Å². The number of amides is 1. The molecule has 116 valence electrons. The summed E-state index contributed by atoms with van der Waals surface area (Å²) in [7, 11) is 0. The van der Waals surface area contributed by atoms with E-state index in [9.17, 15) is 18.0 Å². The zero-order valence-electron chi connectivity index (χ0n) is 11.4. The van der Waals surface area contributed by atoms with Crippen molar-refractivity contribution in [1.82, 2.24) is 5.32 Å². The van der Waals surface area contributed by atoms with Gasteiger partial charge in [0.2, 0.25) is 5.91 Å². The molecule has 0 bridgehead atoms. The Hall–Kier alpha value is -1.08. The van der Waals surface area contributed by atoms with Gasteiger partial charge in [-0.15, -0.1) is 0 Å². The van der Waals surface area contributed by atoms with Gasteiger partial charge in [-0.25, -0.2) is 0 Å². The SMILES string of the molecule is CC1CCNC(C(=O)Nc2cc(C(F)(F)F)ccc2Br)C1. The molecule has 2 N–H and O–H groups in total. The van der Waals surface area contributed by atoms with Gasteiger partial charge in [-0.1, -0.05) is 6.92 Å². The lowest BCUT2D eigenvalue weighted by molar-refractivity contribution is -0.137. The summed E-state index contributed by atoms with van der Waals surface area (Å²) in [5.41, 5.74) is -0.652. The number of alkyl halides is 3. The van der Waals surface area contributed by atoms with Crippen molar-refractivity contribution in [1.29, 1.82) is 0 Å². The van der Waals surface area contributed by atoms with Gasteiger partial charge in [-0.3, -0.25) is 4.79 Å². The predicted octanol–water partition coefficient (Wildman–Crippen LogP) is 3.79. The Morgan fingerprint density at radius 3 is 2.76 bits per heavy atom. The highest BCUT2D eigenvalue weighted by Gasteiger charge is 2.31. The minimum Gasteiger partial charge on any atom is -0.324 e. The molecule has 0 aromatic heterocycles. The van der Waals surface area contributed by atoms with Gasteiger partial charge < -0.3 is 10.6 Å². The summed E-state index contributed by atoms with van der Waals surface area (Å²) in [6.45, 7) is 2.80. The zero-order chi connectivity index (χ0) is 15.6. The first-order valence-corrected chi connectivity index (χ1v) is 7.47. The molecule has 7 heteroatoms. The van der Waals surface area contributed by atoms with Crippen LogP contribution in [-0.2, 0) is 11.0 Å². The van der Waals surface area contributed by atoms with Gasteiger partial charge in [-0.2, -0.15) is 13.2 Å². The smallest absolute Gasteiger partial charge is 0.324 e. The topological polar surface area (TPSA) is 41.1 Å². The van der Waals surface area contributed by atoms with Crippen molar-refractivity contribution in [3.63, 3.8) is 0 Å². The maximum Gasteiger partial charge on any atom is 0.416 e. The van der Waals surface area contributed by atoms with E-state index in [1.807, 2.05) is 0 Å². The van der Waals surface area contributed by atoms with Crippen molar-refractivity contribution in [3.8, 4) is 0 Å². The molecule has 2 rings (SSSR count). The molecule has 1 heterocycles. The Kier molecular flexibility index (Phi) is 4.93. The minimum atomic E-state index is -4.43. The summed E-state index contributed by atoms with van der Waals surface area (Å²) in [4.78, 5) is 12.2. The molecule has 0 spiro atoms. The number of hydrogen-bond donors (Lipinski definition) is 2. The number of benzene rings is 1. The van der Waals surface area contributed by atoms with E-state index in [4.69, 9.17) is 0 Å². The van der Waals surface area contributed by atoms with E-state index in [2.05, 4.69) is 33.5 Å². The summed E-state index contributed by atoms with van der Waals surface area (Å²) in [5.74, 6) is 0.119. The van der Waals surface area contributed by atoms with E-state index in [0.717, 1.165) is 25.1 Å². The van der Waals surface area contributed by atoms with Gasteiger partial charge in [0.1, 0.15) is 0 Å². The number of piperidine rings is 1. The highest BCUT2D eigenvalue weighted by atomic mass is 79.9. The van der Waals surface area contributed by atoms with Crippen LogP contribution in [-0.4, -0.2) is 18.5 Å². The highest BCUT2D eigenvalue weighted by Crippen LogP contribution is 2.34. The molecule has 2 atom stereocenters. The first kappa shape index (κ1) is 16.3. The first-order valence-electron chi connectivity index (χ1n) is 6.68. The molecular formula is C14H16BrF3N2O. The lowest BCUT2D eigenvalue weighted by atomic mass is 9.94. The van der Waals surface area contributed by atoms with Crippen molar-refractivity contribution in [2.75, 3.05) is 11.9 Å². The number of anilines is 1. The van der Waals surface area contributed by atoms with E-state index in [-0.39, 0.29) is 17.6 Å². The molecule has 1 aromatic rings. The van der Waals surface area contributed by atoms with E-state index in [1.54, 1.807) is 0 Å². The molecule has 1 fully saturated rings. The van der Waals surface area contributed by atoms with E-state index in [0.29, 0.717) is 16.8 Å². The third kappa shape index (κ3) is 4.20. The van der Waals surface area contributed by atoms with Gasteiger partial charge in [0.15, 0.2) is 0 Å². The van der Waals surface area contributed by atoms with Crippen LogP contribution in [0, 0.1) is 5.92 Å². The fourth-order valence-corrected chi connectivity index (χ4v) is 2.67. The summed E-state index contributed by atoms with van der Waals surface area (Å²) in [6, 6.07) is 2.83. The molecule has 1 aliphatic heterocycles. The fraction of sp³-hybridized carbons (Fsp3) is 0.500. The Morgan fingerprint density at radius 2 is 2.14 bits per heavy atom. The number of rotatable bonds is 2. The second-order valence-electron chi connectivity index (χ2n) is 5.32. The van der Waals surface area contributed by atoms with Crippen LogP contribution in [0.2, 0.25) is 0 Å². The lowest BCUT2D eigenvalue weighted by Gasteiger charge is -2.27. The van der Waals surface area contributed by atoms with Crippen LogP contribution in [0.5, 0.6) is 0 Å². The number of nitrogens with one attached hydrogen (secondary N) is 2. The van der Waals surface area contributed by atoms with Gasteiger partial charge in [-0.05, 0) is 59.4 Å². The molecule has 1 aromatic carbocycles. The molecule has 0 saturated carbocycles. The average Bonchev–Trinajstić information content (AvgIpc) is 2.40. The summed E-state index contributed by atoms with van der Waals surface area (Å²) in [5, 5.41) is 5.65. The van der Waals surface area contributed by atoms with E-state index in [1.165, 1.54) is 6.07 Å². The average molecular weight is 365 g/mol. The maximum atomic E-state index is 12.7. The molecule has 1 aliphatic rings. The van der Waals surface area contributed by atoms with Crippen LogP contribution in [0.25, 0.3) is 0 Å². The van der Waals surface area contributed by atoms with Crippen LogP contribution in [0.4, 0.5) is 18.9 Å². The van der Waals surface area contributed by atoms with Crippen molar-refractivity contribution in [2.45, 2.75) is 32.0 Å². The normalized spacial score (nSPS) is 22.9.